The first-order valence-electron chi connectivity index (χ1n) is 10.1. The predicted molar refractivity (Wildman–Crippen MR) is 110 cm³/mol. The number of fused-ring (bicyclic) bond motifs is 1. The number of rotatable bonds is 9. The van der Waals surface area contributed by atoms with Gasteiger partial charge in [0.2, 0.25) is 5.67 Å². The second-order valence-corrected chi connectivity index (χ2v) is 8.59. The van der Waals surface area contributed by atoms with Gasteiger partial charge in [-0.05, 0) is 37.5 Å². The summed E-state index contributed by atoms with van der Waals surface area (Å²) in [6.07, 6.45) is 0.781. The summed E-state index contributed by atoms with van der Waals surface area (Å²) >= 11 is 12.0. The lowest BCUT2D eigenvalue weighted by Crippen LogP contribution is -2.61. The molecule has 2 N–H and O–H groups in total. The van der Waals surface area contributed by atoms with E-state index in [2.05, 4.69) is 0 Å². The molecule has 9 heteroatoms. The van der Waals surface area contributed by atoms with Crippen molar-refractivity contribution in [3.63, 3.8) is 0 Å². The van der Waals surface area contributed by atoms with Crippen LogP contribution in [-0.2, 0) is 30.4 Å². The molecule has 2 saturated carbocycles. The van der Waals surface area contributed by atoms with Crippen molar-refractivity contribution in [3.8, 4) is 0 Å². The van der Waals surface area contributed by atoms with Crippen LogP contribution in [0.3, 0.4) is 0 Å². The summed E-state index contributed by atoms with van der Waals surface area (Å²) in [6, 6.07) is 5.02. The Labute approximate surface area is 185 Å². The van der Waals surface area contributed by atoms with E-state index in [1.54, 1.807) is 25.1 Å². The highest BCUT2D eigenvalue weighted by molar-refractivity contribution is 6.42. The van der Waals surface area contributed by atoms with Gasteiger partial charge >= 0.3 is 11.9 Å². The van der Waals surface area contributed by atoms with E-state index in [1.807, 2.05) is 6.92 Å². The van der Waals surface area contributed by atoms with Gasteiger partial charge in [-0.15, -0.1) is 0 Å². The van der Waals surface area contributed by atoms with Gasteiger partial charge in [0.25, 0.3) is 0 Å². The van der Waals surface area contributed by atoms with E-state index in [4.69, 9.17) is 43.1 Å². The lowest BCUT2D eigenvalue weighted by molar-refractivity contribution is -0.163. The Morgan fingerprint density at radius 3 is 2.57 bits per heavy atom. The number of hydrogen-bond donors (Lipinski definition) is 1. The summed E-state index contributed by atoms with van der Waals surface area (Å²) in [5.41, 5.74) is 3.10. The molecule has 0 radical (unpaired) electrons. The average molecular weight is 462 g/mol. The molecular weight excluding hydrogens is 436 g/mol. The van der Waals surface area contributed by atoms with E-state index in [9.17, 15) is 9.59 Å². The lowest BCUT2D eigenvalue weighted by Gasteiger charge is -2.33. The number of nitrogens with two attached hydrogens (primary N) is 1. The Morgan fingerprint density at radius 1 is 1.20 bits per heavy atom. The summed E-state index contributed by atoms with van der Waals surface area (Å²) in [5.74, 6) is -3.54. The molecular formula is C21H26Cl2FNO5. The fourth-order valence-corrected chi connectivity index (χ4v) is 4.60. The molecule has 0 spiro atoms. The summed E-state index contributed by atoms with van der Waals surface area (Å²) in [6.45, 7) is 3.86. The van der Waals surface area contributed by atoms with Crippen molar-refractivity contribution in [1.82, 2.24) is 0 Å². The number of benzene rings is 1. The van der Waals surface area contributed by atoms with Gasteiger partial charge in [-0.3, -0.25) is 0 Å². The van der Waals surface area contributed by atoms with Crippen LogP contribution in [0.25, 0.3) is 0 Å². The van der Waals surface area contributed by atoms with Crippen LogP contribution in [-0.4, -0.2) is 42.5 Å². The quantitative estimate of drug-likeness (QED) is 0.443. The molecule has 0 saturated heterocycles. The molecule has 2 aliphatic rings. The van der Waals surface area contributed by atoms with Gasteiger partial charge in [0, 0.05) is 11.8 Å². The highest BCUT2D eigenvalue weighted by atomic mass is 35.5. The van der Waals surface area contributed by atoms with Gasteiger partial charge in [0.1, 0.15) is 5.54 Å². The van der Waals surface area contributed by atoms with Crippen LogP contribution in [0.4, 0.5) is 4.39 Å². The third kappa shape index (κ3) is 3.93. The van der Waals surface area contributed by atoms with E-state index in [0.29, 0.717) is 16.5 Å². The minimum atomic E-state index is -2.29. The van der Waals surface area contributed by atoms with Crippen molar-refractivity contribution in [3.05, 3.63) is 33.8 Å². The molecule has 1 aromatic rings. The fourth-order valence-electron chi connectivity index (χ4n) is 4.28. The minimum Gasteiger partial charge on any atom is -0.464 e. The largest absolute Gasteiger partial charge is 0.464 e. The molecule has 0 bridgehead atoms. The molecule has 1 aromatic carbocycles. The zero-order valence-corrected chi connectivity index (χ0v) is 18.5. The Hall–Kier alpha value is -1.41. The maximum atomic E-state index is 15.4. The van der Waals surface area contributed by atoms with Gasteiger partial charge in [0.15, 0.2) is 0 Å². The lowest BCUT2D eigenvalue weighted by atomic mass is 9.87. The summed E-state index contributed by atoms with van der Waals surface area (Å²) < 4.78 is 31.5. The molecule has 0 unspecified atom stereocenters. The van der Waals surface area contributed by atoms with Gasteiger partial charge < -0.3 is 19.9 Å². The van der Waals surface area contributed by atoms with Crippen LogP contribution in [0.15, 0.2) is 18.2 Å². The molecule has 0 aliphatic heterocycles. The third-order valence-electron chi connectivity index (χ3n) is 5.91. The van der Waals surface area contributed by atoms with E-state index in [1.165, 1.54) is 0 Å². The van der Waals surface area contributed by atoms with E-state index < -0.39 is 41.1 Å². The van der Waals surface area contributed by atoms with Crippen molar-refractivity contribution in [2.75, 3.05) is 13.2 Å². The van der Waals surface area contributed by atoms with Gasteiger partial charge in [-0.2, -0.15) is 0 Å². The van der Waals surface area contributed by atoms with Crippen LogP contribution < -0.4 is 5.73 Å². The molecule has 0 aromatic heterocycles. The van der Waals surface area contributed by atoms with Gasteiger partial charge in [-0.1, -0.05) is 42.6 Å². The highest BCUT2D eigenvalue weighted by Crippen LogP contribution is 2.67. The first-order valence-corrected chi connectivity index (χ1v) is 10.8. The number of alkyl halides is 1. The van der Waals surface area contributed by atoms with Crippen molar-refractivity contribution < 1.29 is 28.2 Å². The maximum absolute atomic E-state index is 15.4. The second-order valence-electron chi connectivity index (χ2n) is 7.78. The number of ether oxygens (including phenoxy) is 3. The smallest absolute Gasteiger partial charge is 0.344 e. The summed E-state index contributed by atoms with van der Waals surface area (Å²) in [4.78, 5) is 25.1. The number of esters is 2. The average Bonchev–Trinajstić information content (AvgIpc) is 3.19. The maximum Gasteiger partial charge on any atom is 0.344 e. The molecule has 3 rings (SSSR count). The van der Waals surface area contributed by atoms with Crippen LogP contribution in [0.5, 0.6) is 0 Å². The minimum absolute atomic E-state index is 0.0414. The Morgan fingerprint density at radius 2 is 1.93 bits per heavy atom. The van der Waals surface area contributed by atoms with E-state index >= 15 is 4.39 Å². The van der Waals surface area contributed by atoms with Crippen LogP contribution in [0, 0.1) is 11.8 Å². The number of carbonyl (C=O) groups excluding carboxylic acids is 2. The molecule has 6 nitrogen and oxygen atoms in total. The monoisotopic (exact) mass is 461 g/mol. The predicted octanol–water partition coefficient (Wildman–Crippen LogP) is 3.84. The van der Waals surface area contributed by atoms with Crippen molar-refractivity contribution >= 4 is 35.1 Å². The molecule has 166 valence electrons. The first-order chi connectivity index (χ1) is 14.2. The standard InChI is InChI=1S/C21H26Cl2FNO5/c1-3-5-8-29-19(27)21(25)16(30-11-12-6-7-14(22)15(23)9-12)10-13-17(21)20(13,24)18(26)28-4-2/h6-7,9,13,16-17H,3-5,8,10-11,25H2,1-2H3/t13-,16-,17+,20-,21+/m1/s1. The van der Waals surface area contributed by atoms with Crippen molar-refractivity contribution in [2.24, 2.45) is 17.6 Å². The topological polar surface area (TPSA) is 87.9 Å². The van der Waals surface area contributed by atoms with Crippen LogP contribution in [0.2, 0.25) is 10.0 Å². The Balaban J connectivity index is 1.78. The normalized spacial score (nSPS) is 31.9. The van der Waals surface area contributed by atoms with Gasteiger partial charge in [-0.25, -0.2) is 14.0 Å². The molecule has 5 atom stereocenters. The highest BCUT2D eigenvalue weighted by Gasteiger charge is 2.85. The first kappa shape index (κ1) is 23.3. The SMILES string of the molecule is CCCCOC(=O)[C@@]1(N)[C@H]2[C@@H](C[C@H]1OCc1ccc(Cl)c(Cl)c1)[C@]2(F)C(=O)OCC. The second kappa shape index (κ2) is 8.99. The number of unbranched alkanes of at least 4 members (excludes halogenated alkanes) is 1. The number of hydrogen-bond acceptors (Lipinski definition) is 6. The van der Waals surface area contributed by atoms with Crippen LogP contribution in [0.1, 0.15) is 38.7 Å². The van der Waals surface area contributed by atoms with E-state index in [-0.39, 0.29) is 26.2 Å². The molecule has 2 aliphatic carbocycles. The number of carbonyl (C=O) groups is 2. The summed E-state index contributed by atoms with van der Waals surface area (Å²) in [7, 11) is 0. The van der Waals surface area contributed by atoms with E-state index in [0.717, 1.165) is 12.0 Å². The fraction of sp³-hybridized carbons (Fsp3) is 0.619. The zero-order valence-electron chi connectivity index (χ0n) is 17.0. The van der Waals surface area contributed by atoms with Crippen LogP contribution >= 0.6 is 23.2 Å². The third-order valence-corrected chi connectivity index (χ3v) is 6.65. The van der Waals surface area contributed by atoms with Crippen molar-refractivity contribution in [2.45, 2.75) is 57.0 Å². The molecule has 30 heavy (non-hydrogen) atoms. The molecule has 2 fully saturated rings. The van der Waals surface area contributed by atoms with Gasteiger partial charge in [0.05, 0.1) is 36.0 Å². The van der Waals surface area contributed by atoms with Crippen molar-refractivity contribution in [1.29, 1.82) is 0 Å². The summed E-state index contributed by atoms with van der Waals surface area (Å²) in [5, 5.41) is 0.780. The molecule has 0 heterocycles. The zero-order chi connectivity index (χ0) is 22.1. The Kier molecular flexibility index (Phi) is 6.97. The molecule has 0 amide bonds. The Bertz CT molecular complexity index is 825. The number of halogens is 3.